The Bertz CT molecular complexity index is 832. The highest BCUT2D eigenvalue weighted by Gasteiger charge is 2.03. The minimum Gasteiger partial charge on any atom is -0.370 e. The zero-order chi connectivity index (χ0) is 16.9. The topological polar surface area (TPSA) is 79.1 Å². The first-order chi connectivity index (χ1) is 11.7. The van der Waals surface area contributed by atoms with E-state index in [1.807, 2.05) is 36.5 Å². The van der Waals surface area contributed by atoms with E-state index in [-0.39, 0.29) is 0 Å². The van der Waals surface area contributed by atoms with Crippen LogP contribution in [0.2, 0.25) is 0 Å². The van der Waals surface area contributed by atoms with Gasteiger partial charge in [0.2, 0.25) is 0 Å². The molecule has 5 nitrogen and oxygen atoms in total. The summed E-state index contributed by atoms with van der Waals surface area (Å²) in [5.41, 5.74) is 10.00. The van der Waals surface area contributed by atoms with Gasteiger partial charge in [-0.25, -0.2) is 9.98 Å². The van der Waals surface area contributed by atoms with E-state index in [4.69, 9.17) is 5.73 Å². The van der Waals surface area contributed by atoms with Crippen LogP contribution in [0.4, 0.5) is 5.69 Å². The number of nitrogens with one attached hydrogen (secondary N) is 2. The van der Waals surface area contributed by atoms with Crippen LogP contribution in [0.5, 0.6) is 0 Å². The Labute approximate surface area is 142 Å². The van der Waals surface area contributed by atoms with Crippen molar-refractivity contribution < 1.29 is 0 Å². The van der Waals surface area contributed by atoms with E-state index in [1.54, 1.807) is 0 Å². The van der Waals surface area contributed by atoms with Gasteiger partial charge in [0.15, 0.2) is 5.96 Å². The first-order valence-corrected chi connectivity index (χ1v) is 8.25. The Balaban J connectivity index is 1.63. The number of guanidine groups is 1. The van der Waals surface area contributed by atoms with E-state index in [0.29, 0.717) is 18.4 Å². The van der Waals surface area contributed by atoms with Gasteiger partial charge in [0.25, 0.3) is 0 Å². The van der Waals surface area contributed by atoms with Crippen molar-refractivity contribution in [2.45, 2.75) is 32.7 Å². The molecule has 0 saturated carbocycles. The molecule has 0 spiro atoms. The maximum atomic E-state index is 5.97. The van der Waals surface area contributed by atoms with Crippen molar-refractivity contribution in [1.82, 2.24) is 9.97 Å². The van der Waals surface area contributed by atoms with Crippen LogP contribution in [-0.2, 0) is 6.54 Å². The lowest BCUT2D eigenvalue weighted by atomic mass is 9.99. The van der Waals surface area contributed by atoms with Gasteiger partial charge in [0.05, 0.1) is 12.2 Å². The van der Waals surface area contributed by atoms with Gasteiger partial charge in [-0.05, 0) is 48.2 Å². The molecular formula is C19H23N5. The van der Waals surface area contributed by atoms with Crippen molar-refractivity contribution in [2.24, 2.45) is 10.7 Å². The molecule has 3 rings (SSSR count). The summed E-state index contributed by atoms with van der Waals surface area (Å²) in [6.45, 7) is 4.87. The van der Waals surface area contributed by atoms with Crippen LogP contribution in [0, 0.1) is 0 Å². The zero-order valence-electron chi connectivity index (χ0n) is 14.1. The van der Waals surface area contributed by atoms with E-state index in [1.165, 1.54) is 5.56 Å². The normalized spacial score (nSPS) is 13.2. The molecule has 0 aliphatic rings. The van der Waals surface area contributed by atoms with E-state index in [0.717, 1.165) is 28.8 Å². The lowest BCUT2D eigenvalue weighted by molar-refractivity contribution is 0.734. The third-order valence-corrected chi connectivity index (χ3v) is 4.24. The van der Waals surface area contributed by atoms with Crippen molar-refractivity contribution >= 4 is 22.7 Å². The molecule has 1 unspecified atom stereocenters. The number of aromatic amines is 1. The number of hydrogen-bond acceptors (Lipinski definition) is 2. The second-order valence-corrected chi connectivity index (χ2v) is 5.98. The summed E-state index contributed by atoms with van der Waals surface area (Å²) in [5, 5.41) is 4.21. The number of fused-ring (bicyclic) bond motifs is 1. The molecule has 0 fully saturated rings. The molecule has 1 aromatic carbocycles. The highest BCUT2D eigenvalue weighted by atomic mass is 15.1. The van der Waals surface area contributed by atoms with E-state index < -0.39 is 0 Å². The van der Waals surface area contributed by atoms with Crippen molar-refractivity contribution in [1.29, 1.82) is 0 Å². The second kappa shape index (κ2) is 7.17. The standard InChI is InChI=1S/C19H23N5/c1-3-13(2)14-4-7-16(8-5-14)24-19(20)22-12-17-9-6-15-10-11-21-18(15)23-17/h4-11,13H,3,12H2,1-2H3,(H,21,23)(H3,20,22,24). The average molecular weight is 321 g/mol. The van der Waals surface area contributed by atoms with Crippen molar-refractivity contribution in [3.05, 3.63) is 59.9 Å². The highest BCUT2D eigenvalue weighted by molar-refractivity contribution is 5.92. The van der Waals surface area contributed by atoms with Crippen LogP contribution in [0.1, 0.15) is 37.4 Å². The summed E-state index contributed by atoms with van der Waals surface area (Å²) < 4.78 is 0. The van der Waals surface area contributed by atoms with E-state index >= 15 is 0 Å². The quantitative estimate of drug-likeness (QED) is 0.491. The predicted octanol–water partition coefficient (Wildman–Crippen LogP) is 4.00. The Kier molecular flexibility index (Phi) is 4.79. The summed E-state index contributed by atoms with van der Waals surface area (Å²) >= 11 is 0. The van der Waals surface area contributed by atoms with E-state index in [9.17, 15) is 0 Å². The number of benzene rings is 1. The van der Waals surface area contributed by atoms with Gasteiger partial charge in [-0.3, -0.25) is 0 Å². The summed E-state index contributed by atoms with van der Waals surface area (Å²) in [7, 11) is 0. The minimum absolute atomic E-state index is 0.389. The van der Waals surface area contributed by atoms with Gasteiger partial charge in [0.1, 0.15) is 5.65 Å². The second-order valence-electron chi connectivity index (χ2n) is 5.98. The summed E-state index contributed by atoms with van der Waals surface area (Å²) in [6.07, 6.45) is 3.01. The summed E-state index contributed by atoms with van der Waals surface area (Å²) in [6, 6.07) is 14.3. The third-order valence-electron chi connectivity index (χ3n) is 4.24. The number of rotatable bonds is 5. The predicted molar refractivity (Wildman–Crippen MR) is 100 cm³/mol. The SMILES string of the molecule is CCC(C)c1ccc(NC(N)=NCc2ccc3cc[nH]c3n2)cc1. The monoisotopic (exact) mass is 321 g/mol. The number of aromatic nitrogens is 2. The first kappa shape index (κ1) is 16.1. The van der Waals surface area contributed by atoms with Gasteiger partial charge in [-0.1, -0.05) is 26.0 Å². The molecule has 0 aliphatic heterocycles. The molecule has 2 heterocycles. The van der Waals surface area contributed by atoms with Gasteiger partial charge in [-0.15, -0.1) is 0 Å². The minimum atomic E-state index is 0.389. The molecule has 0 radical (unpaired) electrons. The molecule has 24 heavy (non-hydrogen) atoms. The smallest absolute Gasteiger partial charge is 0.193 e. The van der Waals surface area contributed by atoms with Crippen molar-refractivity contribution in [3.63, 3.8) is 0 Å². The van der Waals surface area contributed by atoms with Crippen LogP contribution in [0.25, 0.3) is 11.0 Å². The van der Waals surface area contributed by atoms with Gasteiger partial charge in [-0.2, -0.15) is 0 Å². The van der Waals surface area contributed by atoms with E-state index in [2.05, 4.69) is 46.3 Å². The molecule has 0 saturated heterocycles. The molecule has 0 aliphatic carbocycles. The van der Waals surface area contributed by atoms with Crippen LogP contribution in [-0.4, -0.2) is 15.9 Å². The van der Waals surface area contributed by atoms with Crippen molar-refractivity contribution in [3.8, 4) is 0 Å². The fraction of sp³-hybridized carbons (Fsp3) is 0.263. The number of hydrogen-bond donors (Lipinski definition) is 3. The zero-order valence-corrected chi connectivity index (χ0v) is 14.1. The average Bonchev–Trinajstić information content (AvgIpc) is 3.07. The van der Waals surface area contributed by atoms with Crippen LogP contribution >= 0.6 is 0 Å². The summed E-state index contributed by atoms with van der Waals surface area (Å²) in [5.74, 6) is 0.957. The fourth-order valence-corrected chi connectivity index (χ4v) is 2.54. The molecule has 0 amide bonds. The Morgan fingerprint density at radius 3 is 2.75 bits per heavy atom. The van der Waals surface area contributed by atoms with Gasteiger partial charge in [0, 0.05) is 17.3 Å². The number of pyridine rings is 1. The number of H-pyrrole nitrogens is 1. The van der Waals surface area contributed by atoms with Crippen molar-refractivity contribution in [2.75, 3.05) is 5.32 Å². The molecular weight excluding hydrogens is 298 g/mol. The third kappa shape index (κ3) is 3.74. The number of anilines is 1. The lowest BCUT2D eigenvalue weighted by Crippen LogP contribution is -2.22. The molecule has 2 aromatic heterocycles. The fourth-order valence-electron chi connectivity index (χ4n) is 2.54. The molecule has 5 heteroatoms. The Hall–Kier alpha value is -2.82. The van der Waals surface area contributed by atoms with Crippen LogP contribution in [0.3, 0.4) is 0 Å². The Morgan fingerprint density at radius 2 is 2.00 bits per heavy atom. The molecule has 1 atom stereocenters. The van der Waals surface area contributed by atoms with Crippen LogP contribution < -0.4 is 11.1 Å². The maximum absolute atomic E-state index is 5.97. The molecule has 124 valence electrons. The lowest BCUT2D eigenvalue weighted by Gasteiger charge is -2.10. The van der Waals surface area contributed by atoms with Crippen LogP contribution in [0.15, 0.2) is 53.7 Å². The Morgan fingerprint density at radius 1 is 1.21 bits per heavy atom. The molecule has 0 bridgehead atoms. The van der Waals surface area contributed by atoms with Gasteiger partial charge >= 0.3 is 0 Å². The number of aliphatic imine (C=N–C) groups is 1. The number of nitrogens with two attached hydrogens (primary N) is 1. The largest absolute Gasteiger partial charge is 0.370 e. The molecule has 4 N–H and O–H groups in total. The number of nitrogens with zero attached hydrogens (tertiary/aromatic N) is 2. The van der Waals surface area contributed by atoms with Gasteiger partial charge < -0.3 is 16.0 Å². The molecule has 3 aromatic rings. The maximum Gasteiger partial charge on any atom is 0.193 e. The first-order valence-electron chi connectivity index (χ1n) is 8.25. The highest BCUT2D eigenvalue weighted by Crippen LogP contribution is 2.20. The summed E-state index contributed by atoms with van der Waals surface area (Å²) in [4.78, 5) is 12.0.